The third kappa shape index (κ3) is 5.04. The van der Waals surface area contributed by atoms with Crippen LogP contribution in [0, 0.1) is 0 Å². The summed E-state index contributed by atoms with van der Waals surface area (Å²) in [5.41, 5.74) is 3.08. The summed E-state index contributed by atoms with van der Waals surface area (Å²) in [6, 6.07) is 14.4. The van der Waals surface area contributed by atoms with Gasteiger partial charge in [-0.2, -0.15) is 0 Å². The number of hydrogen-bond acceptors (Lipinski definition) is 3. The molecule has 1 aliphatic rings. The second-order valence-corrected chi connectivity index (χ2v) is 6.32. The molecule has 6 heteroatoms. The molecule has 3 rings (SSSR count). The van der Waals surface area contributed by atoms with Gasteiger partial charge in [-0.15, -0.1) is 0 Å². The van der Waals surface area contributed by atoms with E-state index in [-0.39, 0.29) is 17.7 Å². The standard InChI is InChI=1S/C21H21N3O3/c1-15(25)22-17-7-9-18(10-8-17)23-20(26)13-6-16-4-11-19(12-5-16)24-14-2-3-21(24)27/h4-13H,2-3,14H2,1H3,(H,22,25)(H,23,26)/b13-6+. The van der Waals surface area contributed by atoms with Crippen molar-refractivity contribution < 1.29 is 14.4 Å². The molecule has 2 aromatic carbocycles. The van der Waals surface area contributed by atoms with Gasteiger partial charge in [0.2, 0.25) is 17.7 Å². The molecule has 0 saturated carbocycles. The number of amides is 3. The van der Waals surface area contributed by atoms with Crippen LogP contribution in [0.25, 0.3) is 6.08 Å². The number of carbonyl (C=O) groups is 3. The highest BCUT2D eigenvalue weighted by Gasteiger charge is 2.21. The maximum absolute atomic E-state index is 12.0. The van der Waals surface area contributed by atoms with E-state index in [9.17, 15) is 14.4 Å². The number of carbonyl (C=O) groups excluding carboxylic acids is 3. The van der Waals surface area contributed by atoms with Gasteiger partial charge >= 0.3 is 0 Å². The Morgan fingerprint density at radius 1 is 0.963 bits per heavy atom. The van der Waals surface area contributed by atoms with Gasteiger partial charge in [0, 0.05) is 43.0 Å². The molecule has 0 spiro atoms. The summed E-state index contributed by atoms with van der Waals surface area (Å²) < 4.78 is 0. The minimum Gasteiger partial charge on any atom is -0.326 e. The summed E-state index contributed by atoms with van der Waals surface area (Å²) >= 11 is 0. The average Bonchev–Trinajstić information content (AvgIpc) is 3.08. The maximum atomic E-state index is 12.0. The number of anilines is 3. The molecule has 138 valence electrons. The van der Waals surface area contributed by atoms with Gasteiger partial charge in [0.1, 0.15) is 0 Å². The van der Waals surface area contributed by atoms with Crippen LogP contribution in [-0.4, -0.2) is 24.3 Å². The molecule has 1 fully saturated rings. The summed E-state index contributed by atoms with van der Waals surface area (Å²) in [6.07, 6.45) is 4.68. The number of hydrogen-bond donors (Lipinski definition) is 2. The molecule has 27 heavy (non-hydrogen) atoms. The third-order valence-electron chi connectivity index (χ3n) is 4.18. The van der Waals surface area contributed by atoms with Crippen LogP contribution in [-0.2, 0) is 14.4 Å². The first-order chi connectivity index (χ1) is 13.0. The quantitative estimate of drug-likeness (QED) is 0.799. The van der Waals surface area contributed by atoms with Crippen LogP contribution < -0.4 is 15.5 Å². The van der Waals surface area contributed by atoms with Crippen LogP contribution >= 0.6 is 0 Å². The highest BCUT2D eigenvalue weighted by Crippen LogP contribution is 2.22. The summed E-state index contributed by atoms with van der Waals surface area (Å²) in [7, 11) is 0. The van der Waals surface area contributed by atoms with Gasteiger partial charge in [0.05, 0.1) is 0 Å². The zero-order valence-corrected chi connectivity index (χ0v) is 15.1. The fourth-order valence-electron chi connectivity index (χ4n) is 2.88. The van der Waals surface area contributed by atoms with Gasteiger partial charge in [-0.3, -0.25) is 14.4 Å². The van der Waals surface area contributed by atoms with E-state index < -0.39 is 0 Å². The van der Waals surface area contributed by atoms with E-state index in [1.807, 2.05) is 24.3 Å². The molecule has 2 N–H and O–H groups in total. The summed E-state index contributed by atoms with van der Waals surface area (Å²) in [5.74, 6) is -0.238. The summed E-state index contributed by atoms with van der Waals surface area (Å²) in [6.45, 7) is 2.20. The predicted octanol–water partition coefficient (Wildman–Crippen LogP) is 3.42. The van der Waals surface area contributed by atoms with Crippen LogP contribution in [0.15, 0.2) is 54.6 Å². The van der Waals surface area contributed by atoms with Crippen molar-refractivity contribution in [2.75, 3.05) is 22.1 Å². The minimum atomic E-state index is -0.249. The van der Waals surface area contributed by atoms with Crippen molar-refractivity contribution in [3.05, 3.63) is 60.2 Å². The molecular weight excluding hydrogens is 342 g/mol. The monoisotopic (exact) mass is 363 g/mol. The smallest absolute Gasteiger partial charge is 0.248 e. The van der Waals surface area contributed by atoms with E-state index in [2.05, 4.69) is 10.6 Å². The van der Waals surface area contributed by atoms with Gasteiger partial charge in [-0.05, 0) is 54.5 Å². The van der Waals surface area contributed by atoms with E-state index in [4.69, 9.17) is 0 Å². The van der Waals surface area contributed by atoms with Crippen molar-refractivity contribution in [2.45, 2.75) is 19.8 Å². The van der Waals surface area contributed by atoms with Gasteiger partial charge < -0.3 is 15.5 Å². The van der Waals surface area contributed by atoms with Crippen molar-refractivity contribution in [1.82, 2.24) is 0 Å². The predicted molar refractivity (Wildman–Crippen MR) is 106 cm³/mol. The van der Waals surface area contributed by atoms with E-state index >= 15 is 0 Å². The lowest BCUT2D eigenvalue weighted by Gasteiger charge is -2.15. The average molecular weight is 363 g/mol. The molecule has 0 radical (unpaired) electrons. The summed E-state index contributed by atoms with van der Waals surface area (Å²) in [4.78, 5) is 36.6. The van der Waals surface area contributed by atoms with Crippen LogP contribution in [0.3, 0.4) is 0 Å². The number of benzene rings is 2. The van der Waals surface area contributed by atoms with E-state index in [0.717, 1.165) is 24.2 Å². The Morgan fingerprint density at radius 3 is 2.15 bits per heavy atom. The normalized spacial score (nSPS) is 13.8. The molecule has 2 aromatic rings. The highest BCUT2D eigenvalue weighted by atomic mass is 16.2. The molecule has 0 aliphatic carbocycles. The topological polar surface area (TPSA) is 78.5 Å². The second kappa shape index (κ2) is 8.31. The SMILES string of the molecule is CC(=O)Nc1ccc(NC(=O)/C=C/c2ccc(N3CCCC3=O)cc2)cc1. The van der Waals surface area contributed by atoms with Gasteiger partial charge in [-0.25, -0.2) is 0 Å². The molecule has 1 aliphatic heterocycles. The number of nitrogens with one attached hydrogen (secondary N) is 2. The molecule has 3 amide bonds. The lowest BCUT2D eigenvalue weighted by atomic mass is 10.2. The molecule has 1 heterocycles. The van der Waals surface area contributed by atoms with Crippen LogP contribution in [0.1, 0.15) is 25.3 Å². The molecule has 0 aromatic heterocycles. The van der Waals surface area contributed by atoms with Gasteiger partial charge in [-0.1, -0.05) is 12.1 Å². The van der Waals surface area contributed by atoms with Crippen molar-refractivity contribution >= 4 is 40.9 Å². The zero-order valence-electron chi connectivity index (χ0n) is 15.1. The molecule has 0 unspecified atom stereocenters. The first kappa shape index (κ1) is 18.4. The Labute approximate surface area is 157 Å². The second-order valence-electron chi connectivity index (χ2n) is 6.32. The Kier molecular flexibility index (Phi) is 5.66. The van der Waals surface area contributed by atoms with Gasteiger partial charge in [0.25, 0.3) is 0 Å². The Morgan fingerprint density at radius 2 is 1.59 bits per heavy atom. The number of rotatable bonds is 5. The third-order valence-corrected chi connectivity index (χ3v) is 4.18. The van der Waals surface area contributed by atoms with Crippen LogP contribution in [0.2, 0.25) is 0 Å². The van der Waals surface area contributed by atoms with Crippen molar-refractivity contribution in [2.24, 2.45) is 0 Å². The number of nitrogens with zero attached hydrogens (tertiary/aromatic N) is 1. The molecular formula is C21H21N3O3. The fraction of sp³-hybridized carbons (Fsp3) is 0.190. The first-order valence-electron chi connectivity index (χ1n) is 8.78. The van der Waals surface area contributed by atoms with E-state index in [0.29, 0.717) is 17.8 Å². The van der Waals surface area contributed by atoms with Gasteiger partial charge in [0.15, 0.2) is 0 Å². The van der Waals surface area contributed by atoms with E-state index in [1.54, 1.807) is 35.2 Å². The van der Waals surface area contributed by atoms with Crippen molar-refractivity contribution in [1.29, 1.82) is 0 Å². The maximum Gasteiger partial charge on any atom is 0.248 e. The van der Waals surface area contributed by atoms with Crippen molar-refractivity contribution in [3.63, 3.8) is 0 Å². The first-order valence-corrected chi connectivity index (χ1v) is 8.78. The molecule has 0 bridgehead atoms. The Bertz CT molecular complexity index is 871. The zero-order chi connectivity index (χ0) is 19.2. The van der Waals surface area contributed by atoms with Crippen LogP contribution in [0.5, 0.6) is 0 Å². The fourth-order valence-corrected chi connectivity index (χ4v) is 2.88. The molecule has 6 nitrogen and oxygen atoms in total. The van der Waals surface area contributed by atoms with Crippen molar-refractivity contribution in [3.8, 4) is 0 Å². The highest BCUT2D eigenvalue weighted by molar-refractivity contribution is 6.02. The Hall–Kier alpha value is -3.41. The minimum absolute atomic E-state index is 0.144. The van der Waals surface area contributed by atoms with Crippen LogP contribution in [0.4, 0.5) is 17.1 Å². The Balaban J connectivity index is 1.56. The van der Waals surface area contributed by atoms with E-state index in [1.165, 1.54) is 13.0 Å². The summed E-state index contributed by atoms with van der Waals surface area (Å²) in [5, 5.41) is 5.43. The largest absolute Gasteiger partial charge is 0.326 e. The molecule has 0 atom stereocenters. The lowest BCUT2D eigenvalue weighted by molar-refractivity contribution is -0.117. The lowest BCUT2D eigenvalue weighted by Crippen LogP contribution is -2.23. The molecule has 1 saturated heterocycles.